The van der Waals surface area contributed by atoms with E-state index >= 15 is 0 Å². The van der Waals surface area contributed by atoms with E-state index in [1.165, 1.54) is 0 Å². The van der Waals surface area contributed by atoms with Crippen LogP contribution in [0.4, 0.5) is 0 Å². The molecule has 1 rings (SSSR count). The summed E-state index contributed by atoms with van der Waals surface area (Å²) in [5, 5.41) is 19.7. The minimum absolute atomic E-state index is 0.0259. The van der Waals surface area contributed by atoms with Crippen LogP contribution >= 0.6 is 0 Å². The maximum absolute atomic E-state index is 12.1. The molecule has 2 radical (unpaired) electrons. The minimum atomic E-state index is -0.857. The average molecular weight is 304 g/mol. The fraction of sp³-hybridized carbons (Fsp3) is 0.722. The number of aliphatic hydroxyl groups is 2. The molecule has 2 unspecified atom stereocenters. The molecule has 0 saturated heterocycles. The molecule has 4 atom stereocenters. The van der Waals surface area contributed by atoms with Crippen LogP contribution in [-0.2, 0) is 4.79 Å². The van der Waals surface area contributed by atoms with Gasteiger partial charge in [-0.3, -0.25) is 4.79 Å². The summed E-state index contributed by atoms with van der Waals surface area (Å²) in [5.74, 6) is -0.210. The zero-order valence-electron chi connectivity index (χ0n) is 13.7. The Labute approximate surface area is 135 Å². The molecule has 0 aromatic rings. The number of hydrogen-bond donors (Lipinski definition) is 2. The van der Waals surface area contributed by atoms with E-state index in [0.717, 1.165) is 32.1 Å². The lowest BCUT2D eigenvalue weighted by molar-refractivity contribution is -0.127. The lowest BCUT2D eigenvalue weighted by Gasteiger charge is -2.13. The first-order chi connectivity index (χ1) is 10.6. The number of aliphatic hydroxyl groups excluding tert-OH is 2. The molecule has 1 saturated carbocycles. The van der Waals surface area contributed by atoms with Crippen molar-refractivity contribution in [3.8, 4) is 0 Å². The molecule has 122 valence electrons. The average Bonchev–Trinajstić information content (AvgIpc) is 2.78. The molecule has 1 aliphatic rings. The molecule has 0 heterocycles. The molecule has 2 N–H and O–H groups in total. The normalized spacial score (nSPS) is 27.2. The van der Waals surface area contributed by atoms with E-state index in [4.69, 9.17) is 7.85 Å². The number of carbonyl (C=O) groups excluding carboxylic acids is 1. The van der Waals surface area contributed by atoms with E-state index in [1.807, 2.05) is 12.2 Å². The van der Waals surface area contributed by atoms with Crippen molar-refractivity contribution in [1.29, 1.82) is 0 Å². The zero-order chi connectivity index (χ0) is 16.4. The Kier molecular flexibility index (Phi) is 9.41. The Bertz CT molecular complexity index is 379. The highest BCUT2D eigenvalue weighted by atomic mass is 16.3. The van der Waals surface area contributed by atoms with E-state index in [-0.39, 0.29) is 17.6 Å². The van der Waals surface area contributed by atoms with Crippen molar-refractivity contribution >= 4 is 13.6 Å². The summed E-state index contributed by atoms with van der Waals surface area (Å²) < 4.78 is 0. The summed E-state index contributed by atoms with van der Waals surface area (Å²) in [5.41, 5.74) is 0. The standard InChI is InChI=1S/C18H29BO3/c1-2-3-8-15(20)11-10-14-13-17(21)18(22)16(14)9-6-4-5-7-12-19/h4,6,10-11,14-17,20-21H,2-3,5,7-9,12-13H2,1H3/b6-4-,11-10+/t14-,15?,16+,17?/m0/s1. The fourth-order valence-electron chi connectivity index (χ4n) is 2.88. The number of ketones is 1. The van der Waals surface area contributed by atoms with Gasteiger partial charge in [0.25, 0.3) is 0 Å². The van der Waals surface area contributed by atoms with Gasteiger partial charge < -0.3 is 10.2 Å². The molecular weight excluding hydrogens is 275 g/mol. The second kappa shape index (κ2) is 10.8. The van der Waals surface area contributed by atoms with Gasteiger partial charge in [-0.05, 0) is 31.6 Å². The summed E-state index contributed by atoms with van der Waals surface area (Å²) >= 11 is 0. The van der Waals surface area contributed by atoms with Crippen molar-refractivity contribution in [2.45, 2.75) is 70.4 Å². The Morgan fingerprint density at radius 2 is 2.14 bits per heavy atom. The van der Waals surface area contributed by atoms with Gasteiger partial charge in [0.2, 0.25) is 0 Å². The quantitative estimate of drug-likeness (QED) is 0.370. The van der Waals surface area contributed by atoms with Crippen LogP contribution in [0.2, 0.25) is 6.32 Å². The van der Waals surface area contributed by atoms with E-state index in [2.05, 4.69) is 13.0 Å². The highest BCUT2D eigenvalue weighted by Gasteiger charge is 2.38. The first-order valence-electron chi connectivity index (χ1n) is 8.53. The van der Waals surface area contributed by atoms with Gasteiger partial charge in [-0.2, -0.15) is 0 Å². The lowest BCUT2D eigenvalue weighted by Crippen LogP contribution is -2.19. The molecule has 1 aliphatic carbocycles. The molecule has 0 spiro atoms. The maximum atomic E-state index is 12.1. The van der Waals surface area contributed by atoms with Crippen molar-refractivity contribution in [1.82, 2.24) is 0 Å². The zero-order valence-corrected chi connectivity index (χ0v) is 13.7. The van der Waals surface area contributed by atoms with Crippen LogP contribution in [0.15, 0.2) is 24.3 Å². The molecule has 0 amide bonds. The molecular formula is C18H29BO3. The van der Waals surface area contributed by atoms with E-state index in [0.29, 0.717) is 19.2 Å². The summed E-state index contributed by atoms with van der Waals surface area (Å²) in [6.07, 6.45) is 13.0. The van der Waals surface area contributed by atoms with Gasteiger partial charge in [-0.25, -0.2) is 0 Å². The minimum Gasteiger partial charge on any atom is -0.389 e. The van der Waals surface area contributed by atoms with Crippen molar-refractivity contribution in [2.24, 2.45) is 11.8 Å². The molecule has 0 aromatic heterocycles. The molecule has 0 aromatic carbocycles. The first kappa shape index (κ1) is 19.2. The molecule has 0 aliphatic heterocycles. The third kappa shape index (κ3) is 6.49. The van der Waals surface area contributed by atoms with Gasteiger partial charge in [0.05, 0.1) is 14.0 Å². The van der Waals surface area contributed by atoms with Crippen LogP contribution < -0.4 is 0 Å². The number of unbranched alkanes of at least 4 members (excludes halogenated alkanes) is 2. The predicted octanol–water partition coefficient (Wildman–Crippen LogP) is 2.97. The van der Waals surface area contributed by atoms with Crippen LogP contribution in [0.5, 0.6) is 0 Å². The van der Waals surface area contributed by atoms with Crippen LogP contribution in [0, 0.1) is 11.8 Å². The number of rotatable bonds is 10. The lowest BCUT2D eigenvalue weighted by atomic mass is 9.91. The monoisotopic (exact) mass is 304 g/mol. The van der Waals surface area contributed by atoms with E-state index < -0.39 is 12.2 Å². The summed E-state index contributed by atoms with van der Waals surface area (Å²) in [6.45, 7) is 2.09. The van der Waals surface area contributed by atoms with Gasteiger partial charge in [0.1, 0.15) is 6.10 Å². The summed E-state index contributed by atoms with van der Waals surface area (Å²) in [6, 6.07) is 0. The van der Waals surface area contributed by atoms with Gasteiger partial charge >= 0.3 is 0 Å². The fourth-order valence-corrected chi connectivity index (χ4v) is 2.88. The first-order valence-corrected chi connectivity index (χ1v) is 8.53. The molecule has 4 heteroatoms. The topological polar surface area (TPSA) is 57.5 Å². The smallest absolute Gasteiger partial charge is 0.165 e. The number of Topliss-reactive ketones (excluding diaryl/α,β-unsaturated/α-hetero) is 1. The second-order valence-electron chi connectivity index (χ2n) is 6.16. The Morgan fingerprint density at radius 3 is 2.82 bits per heavy atom. The highest BCUT2D eigenvalue weighted by Crippen LogP contribution is 2.33. The van der Waals surface area contributed by atoms with Crippen LogP contribution in [0.3, 0.4) is 0 Å². The number of allylic oxidation sites excluding steroid dienone is 3. The van der Waals surface area contributed by atoms with Crippen molar-refractivity contribution in [3.05, 3.63) is 24.3 Å². The van der Waals surface area contributed by atoms with Crippen molar-refractivity contribution in [2.75, 3.05) is 0 Å². The Morgan fingerprint density at radius 1 is 1.36 bits per heavy atom. The molecule has 0 bridgehead atoms. The summed E-state index contributed by atoms with van der Waals surface area (Å²) in [7, 11) is 5.44. The van der Waals surface area contributed by atoms with Gasteiger partial charge in [-0.15, -0.1) is 0 Å². The molecule has 22 heavy (non-hydrogen) atoms. The van der Waals surface area contributed by atoms with Crippen LogP contribution in [-0.4, -0.2) is 36.1 Å². The van der Waals surface area contributed by atoms with Crippen molar-refractivity contribution in [3.63, 3.8) is 0 Å². The van der Waals surface area contributed by atoms with Crippen LogP contribution in [0.25, 0.3) is 0 Å². The number of carbonyl (C=O) groups is 1. The predicted molar refractivity (Wildman–Crippen MR) is 90.8 cm³/mol. The Hall–Kier alpha value is -0.865. The van der Waals surface area contributed by atoms with Crippen LogP contribution in [0.1, 0.15) is 51.9 Å². The van der Waals surface area contributed by atoms with E-state index in [9.17, 15) is 15.0 Å². The summed E-state index contributed by atoms with van der Waals surface area (Å²) in [4.78, 5) is 12.1. The Balaban J connectivity index is 2.53. The van der Waals surface area contributed by atoms with E-state index in [1.54, 1.807) is 6.08 Å². The maximum Gasteiger partial charge on any atom is 0.165 e. The second-order valence-corrected chi connectivity index (χ2v) is 6.16. The third-order valence-corrected chi connectivity index (χ3v) is 4.27. The van der Waals surface area contributed by atoms with Gasteiger partial charge in [0, 0.05) is 5.92 Å². The van der Waals surface area contributed by atoms with Crippen molar-refractivity contribution < 1.29 is 15.0 Å². The third-order valence-electron chi connectivity index (χ3n) is 4.27. The molecule has 1 fully saturated rings. The highest BCUT2D eigenvalue weighted by molar-refractivity contribution is 6.08. The molecule has 3 nitrogen and oxygen atoms in total. The number of hydrogen-bond acceptors (Lipinski definition) is 3. The SMILES string of the molecule is [B]CCC/C=C\C[C@H]1C(=O)C(O)C[C@@H]1/C=C/C(O)CCCC. The van der Waals surface area contributed by atoms with Gasteiger partial charge in [-0.1, -0.05) is 56.8 Å². The largest absolute Gasteiger partial charge is 0.389 e. The van der Waals surface area contributed by atoms with Gasteiger partial charge in [0.15, 0.2) is 5.78 Å².